The quantitative estimate of drug-likeness (QED) is 0.801. The second-order valence-corrected chi connectivity index (χ2v) is 3.69. The average Bonchev–Trinajstić information content (AvgIpc) is 2.61. The van der Waals surface area contributed by atoms with Gasteiger partial charge in [0.1, 0.15) is 5.82 Å². The van der Waals surface area contributed by atoms with Crippen molar-refractivity contribution in [2.75, 3.05) is 19.7 Å². The first-order chi connectivity index (χ1) is 7.72. The van der Waals surface area contributed by atoms with E-state index in [1.165, 1.54) is 11.0 Å². The Morgan fingerprint density at radius 3 is 2.94 bits per heavy atom. The normalized spacial score (nSPS) is 20.0. The molecular weight excluding hydrogens is 211 g/mol. The van der Waals surface area contributed by atoms with Gasteiger partial charge in [0.25, 0.3) is 0 Å². The first-order valence-electron chi connectivity index (χ1n) is 5.13. The molecular formula is C11H13FN2O2. The van der Waals surface area contributed by atoms with Gasteiger partial charge in [0.05, 0.1) is 12.6 Å². The molecule has 0 aromatic heterocycles. The van der Waals surface area contributed by atoms with Gasteiger partial charge in [-0.25, -0.2) is 9.18 Å². The number of aliphatic hydroxyl groups is 1. The number of carbonyl (C=O) groups is 1. The number of nitrogens with zero attached hydrogens (tertiary/aromatic N) is 1. The predicted octanol–water partition coefficient (Wildman–Crippen LogP) is 0.884. The van der Waals surface area contributed by atoms with E-state index in [1.54, 1.807) is 18.2 Å². The van der Waals surface area contributed by atoms with Gasteiger partial charge in [-0.3, -0.25) is 0 Å². The molecule has 1 aliphatic heterocycles. The van der Waals surface area contributed by atoms with Crippen LogP contribution in [-0.2, 0) is 0 Å². The van der Waals surface area contributed by atoms with Crippen molar-refractivity contribution in [3.63, 3.8) is 0 Å². The molecule has 1 atom stereocenters. The highest BCUT2D eigenvalue weighted by molar-refractivity contribution is 5.77. The van der Waals surface area contributed by atoms with Crippen LogP contribution < -0.4 is 5.32 Å². The summed E-state index contributed by atoms with van der Waals surface area (Å²) >= 11 is 0. The molecule has 0 aliphatic carbocycles. The van der Waals surface area contributed by atoms with E-state index in [-0.39, 0.29) is 31.0 Å². The van der Waals surface area contributed by atoms with Gasteiger partial charge >= 0.3 is 6.03 Å². The second-order valence-electron chi connectivity index (χ2n) is 3.69. The average molecular weight is 224 g/mol. The Kier molecular flexibility index (Phi) is 3.05. The number of nitrogens with one attached hydrogen (secondary N) is 1. The van der Waals surface area contributed by atoms with Gasteiger partial charge in [-0.2, -0.15) is 0 Å². The van der Waals surface area contributed by atoms with Crippen LogP contribution in [-0.4, -0.2) is 35.7 Å². The number of amides is 2. The standard InChI is InChI=1S/C11H13FN2O2/c12-9-4-2-1-3-8(9)10-7-14(5-6-15)11(16)13-10/h1-4,10,15H,5-7H2,(H,13,16). The van der Waals surface area contributed by atoms with E-state index in [0.29, 0.717) is 12.1 Å². The highest BCUT2D eigenvalue weighted by Gasteiger charge is 2.30. The van der Waals surface area contributed by atoms with Gasteiger partial charge in [-0.05, 0) is 6.07 Å². The fourth-order valence-electron chi connectivity index (χ4n) is 1.84. The Morgan fingerprint density at radius 2 is 2.25 bits per heavy atom. The molecule has 2 amide bonds. The summed E-state index contributed by atoms with van der Waals surface area (Å²) in [4.78, 5) is 12.9. The fourth-order valence-corrected chi connectivity index (χ4v) is 1.84. The topological polar surface area (TPSA) is 52.6 Å². The molecule has 0 radical (unpaired) electrons. The first-order valence-corrected chi connectivity index (χ1v) is 5.13. The summed E-state index contributed by atoms with van der Waals surface area (Å²) in [5, 5.41) is 11.4. The third-order valence-corrected chi connectivity index (χ3v) is 2.64. The molecule has 0 bridgehead atoms. The molecule has 1 saturated heterocycles. The van der Waals surface area contributed by atoms with Crippen molar-refractivity contribution >= 4 is 6.03 Å². The molecule has 1 aromatic rings. The summed E-state index contributed by atoms with van der Waals surface area (Å²) in [6, 6.07) is 5.78. The molecule has 86 valence electrons. The Bertz CT molecular complexity index is 397. The van der Waals surface area contributed by atoms with Crippen molar-refractivity contribution in [2.45, 2.75) is 6.04 Å². The number of benzene rings is 1. The van der Waals surface area contributed by atoms with Crippen LogP contribution in [0.1, 0.15) is 11.6 Å². The van der Waals surface area contributed by atoms with Crippen molar-refractivity contribution in [2.24, 2.45) is 0 Å². The van der Waals surface area contributed by atoms with Crippen molar-refractivity contribution in [3.8, 4) is 0 Å². The van der Waals surface area contributed by atoms with E-state index in [9.17, 15) is 9.18 Å². The van der Waals surface area contributed by atoms with E-state index in [4.69, 9.17) is 5.11 Å². The van der Waals surface area contributed by atoms with Crippen LogP contribution in [0, 0.1) is 5.82 Å². The molecule has 2 N–H and O–H groups in total. The summed E-state index contributed by atoms with van der Waals surface area (Å²) < 4.78 is 13.5. The summed E-state index contributed by atoms with van der Waals surface area (Å²) in [5.41, 5.74) is 0.483. The monoisotopic (exact) mass is 224 g/mol. The zero-order chi connectivity index (χ0) is 11.5. The molecule has 1 unspecified atom stereocenters. The second kappa shape index (κ2) is 4.49. The zero-order valence-corrected chi connectivity index (χ0v) is 8.69. The number of rotatable bonds is 3. The molecule has 1 fully saturated rings. The lowest BCUT2D eigenvalue weighted by molar-refractivity contribution is 0.196. The minimum atomic E-state index is -0.333. The van der Waals surface area contributed by atoms with Crippen molar-refractivity contribution in [3.05, 3.63) is 35.6 Å². The maximum Gasteiger partial charge on any atom is 0.318 e. The number of urea groups is 1. The number of hydrogen-bond acceptors (Lipinski definition) is 2. The smallest absolute Gasteiger partial charge is 0.318 e. The summed E-state index contributed by atoms with van der Waals surface area (Å²) in [7, 11) is 0. The van der Waals surface area contributed by atoms with Crippen LogP contribution in [0.3, 0.4) is 0 Å². The minimum absolute atomic E-state index is 0.0859. The number of hydrogen-bond donors (Lipinski definition) is 2. The predicted molar refractivity (Wildman–Crippen MR) is 56.3 cm³/mol. The van der Waals surface area contributed by atoms with Gasteiger partial charge in [0.15, 0.2) is 0 Å². The summed E-state index contributed by atoms with van der Waals surface area (Å²) in [6.45, 7) is 0.578. The molecule has 2 rings (SSSR count). The molecule has 16 heavy (non-hydrogen) atoms. The summed E-state index contributed by atoms with van der Waals surface area (Å²) in [6.07, 6.45) is 0. The van der Waals surface area contributed by atoms with Crippen LogP contribution in [0.2, 0.25) is 0 Å². The third kappa shape index (κ3) is 1.99. The molecule has 4 nitrogen and oxygen atoms in total. The lowest BCUT2D eigenvalue weighted by atomic mass is 10.1. The van der Waals surface area contributed by atoms with E-state index < -0.39 is 0 Å². The highest BCUT2D eigenvalue weighted by Crippen LogP contribution is 2.22. The Hall–Kier alpha value is -1.62. The van der Waals surface area contributed by atoms with Gasteiger partial charge in [0, 0.05) is 18.7 Å². The van der Waals surface area contributed by atoms with Crippen LogP contribution >= 0.6 is 0 Å². The maximum absolute atomic E-state index is 13.5. The van der Waals surface area contributed by atoms with Crippen molar-refractivity contribution in [1.29, 1.82) is 0 Å². The Balaban J connectivity index is 2.14. The van der Waals surface area contributed by atoms with Crippen LogP contribution in [0.4, 0.5) is 9.18 Å². The molecule has 0 spiro atoms. The minimum Gasteiger partial charge on any atom is -0.395 e. The first kappa shape index (κ1) is 10.9. The molecule has 0 saturated carbocycles. The van der Waals surface area contributed by atoms with Crippen molar-refractivity contribution in [1.82, 2.24) is 10.2 Å². The third-order valence-electron chi connectivity index (χ3n) is 2.64. The number of β-amino-alcohol motifs (C(OH)–C–C–N with tert-alkyl or cyclic N) is 1. The maximum atomic E-state index is 13.5. The van der Waals surface area contributed by atoms with E-state index in [2.05, 4.69) is 5.32 Å². The number of carbonyl (C=O) groups excluding carboxylic acids is 1. The van der Waals surface area contributed by atoms with E-state index >= 15 is 0 Å². The summed E-state index contributed by atoms with van der Waals surface area (Å²) in [5.74, 6) is -0.321. The largest absolute Gasteiger partial charge is 0.395 e. The molecule has 1 aromatic carbocycles. The molecule has 1 heterocycles. The van der Waals surface area contributed by atoms with E-state index in [0.717, 1.165) is 0 Å². The fraction of sp³-hybridized carbons (Fsp3) is 0.364. The lowest BCUT2D eigenvalue weighted by Crippen LogP contribution is -2.30. The Labute approximate surface area is 92.7 Å². The van der Waals surface area contributed by atoms with Gasteiger partial charge < -0.3 is 15.3 Å². The Morgan fingerprint density at radius 1 is 1.50 bits per heavy atom. The van der Waals surface area contributed by atoms with Crippen LogP contribution in [0.25, 0.3) is 0 Å². The van der Waals surface area contributed by atoms with Crippen molar-refractivity contribution < 1.29 is 14.3 Å². The SMILES string of the molecule is O=C1NC(c2ccccc2F)CN1CCO. The molecule has 1 aliphatic rings. The van der Waals surface area contributed by atoms with Gasteiger partial charge in [-0.15, -0.1) is 0 Å². The zero-order valence-electron chi connectivity index (χ0n) is 8.69. The number of aliphatic hydroxyl groups excluding tert-OH is 1. The lowest BCUT2D eigenvalue weighted by Gasteiger charge is -2.13. The molecule has 5 heteroatoms. The van der Waals surface area contributed by atoms with Gasteiger partial charge in [0.2, 0.25) is 0 Å². The van der Waals surface area contributed by atoms with E-state index in [1.807, 2.05) is 0 Å². The van der Waals surface area contributed by atoms with Gasteiger partial charge in [-0.1, -0.05) is 18.2 Å². The van der Waals surface area contributed by atoms with Crippen LogP contribution in [0.15, 0.2) is 24.3 Å². The van der Waals surface area contributed by atoms with Crippen LogP contribution in [0.5, 0.6) is 0 Å². The number of halogens is 1. The highest BCUT2D eigenvalue weighted by atomic mass is 19.1.